The lowest BCUT2D eigenvalue weighted by Gasteiger charge is -2.27. The van der Waals surface area contributed by atoms with E-state index in [2.05, 4.69) is 31.0 Å². The van der Waals surface area contributed by atoms with Crippen molar-refractivity contribution in [1.29, 1.82) is 5.26 Å². The summed E-state index contributed by atoms with van der Waals surface area (Å²) < 4.78 is 6.03. The first-order valence-electron chi connectivity index (χ1n) is 11.6. The molecular weight excluding hydrogens is 444 g/mol. The van der Waals surface area contributed by atoms with Gasteiger partial charge in [0.05, 0.1) is 16.8 Å². The number of nitrogens with one attached hydrogen (secondary N) is 1. The largest absolute Gasteiger partial charge is 0.481 e. The molecule has 2 N–H and O–H groups in total. The van der Waals surface area contributed by atoms with E-state index in [0.29, 0.717) is 28.4 Å². The molecule has 1 aliphatic rings. The summed E-state index contributed by atoms with van der Waals surface area (Å²) in [4.78, 5) is 31.9. The fourth-order valence-corrected chi connectivity index (χ4v) is 4.52. The van der Waals surface area contributed by atoms with Crippen LogP contribution in [0.2, 0.25) is 0 Å². The number of ether oxygens (including phenoxy) is 1. The van der Waals surface area contributed by atoms with E-state index in [1.165, 1.54) is 6.20 Å². The molecule has 4 aromatic heterocycles. The number of rotatable bonds is 6. The molecule has 0 aromatic carbocycles. The molecule has 35 heavy (non-hydrogen) atoms. The molecule has 0 aliphatic heterocycles. The molecule has 0 amide bonds. The minimum absolute atomic E-state index is 0.0700. The van der Waals surface area contributed by atoms with Crippen molar-refractivity contribution in [3.05, 3.63) is 54.0 Å². The van der Waals surface area contributed by atoms with Crippen LogP contribution in [0.25, 0.3) is 33.8 Å². The zero-order valence-corrected chi connectivity index (χ0v) is 19.2. The maximum Gasteiger partial charge on any atom is 0.303 e. The van der Waals surface area contributed by atoms with E-state index in [0.717, 1.165) is 48.1 Å². The summed E-state index contributed by atoms with van der Waals surface area (Å²) in [6.07, 6.45) is 8.76. The number of aromatic amines is 1. The number of hydrogen-bond acceptors (Lipinski definition) is 7. The van der Waals surface area contributed by atoms with Crippen molar-refractivity contribution in [3.8, 4) is 34.6 Å². The smallest absolute Gasteiger partial charge is 0.303 e. The van der Waals surface area contributed by atoms with E-state index in [1.807, 2.05) is 25.1 Å². The number of carboxylic acid groups (broad SMARTS) is 1. The third-order valence-electron chi connectivity index (χ3n) is 6.41. The number of nitrogens with zero attached hydrogens (tertiary/aromatic N) is 5. The second kappa shape index (κ2) is 9.50. The molecule has 9 nitrogen and oxygen atoms in total. The van der Waals surface area contributed by atoms with Gasteiger partial charge >= 0.3 is 5.97 Å². The number of hydrogen-bond donors (Lipinski definition) is 2. The van der Waals surface area contributed by atoms with Gasteiger partial charge in [0.2, 0.25) is 5.88 Å². The summed E-state index contributed by atoms with van der Waals surface area (Å²) >= 11 is 0. The number of imidazole rings is 1. The molecule has 0 spiro atoms. The standard InChI is InChI=1S/C26H24N6O3/c1-15-8-21(28-14-20(15)25-31-22-9-17(11-27)12-30-26(22)32-25)18-4-7-23(29-13-18)35-19-5-2-16(3-6-19)10-24(33)34/h4,7-9,12-14,16,19H,2-3,5-6,10H2,1H3,(H,33,34)(H,30,31,32). The lowest BCUT2D eigenvalue weighted by Crippen LogP contribution is -2.25. The summed E-state index contributed by atoms with van der Waals surface area (Å²) in [5.41, 5.74) is 5.26. The number of aliphatic carboxylic acids is 1. The number of H-pyrrole nitrogens is 1. The van der Waals surface area contributed by atoms with Crippen LogP contribution in [0.4, 0.5) is 0 Å². The molecule has 0 radical (unpaired) electrons. The zero-order chi connectivity index (χ0) is 24.4. The van der Waals surface area contributed by atoms with E-state index in [-0.39, 0.29) is 18.4 Å². The number of fused-ring (bicyclic) bond motifs is 1. The first-order valence-corrected chi connectivity index (χ1v) is 11.6. The van der Waals surface area contributed by atoms with Crippen molar-refractivity contribution in [3.63, 3.8) is 0 Å². The molecule has 1 aliphatic carbocycles. The van der Waals surface area contributed by atoms with Crippen molar-refractivity contribution in [2.75, 3.05) is 0 Å². The number of nitriles is 1. The Hall–Kier alpha value is -4.32. The Morgan fingerprint density at radius 2 is 1.97 bits per heavy atom. The maximum absolute atomic E-state index is 10.9. The molecule has 0 unspecified atom stereocenters. The van der Waals surface area contributed by atoms with Crippen LogP contribution in [0.5, 0.6) is 5.88 Å². The third-order valence-corrected chi connectivity index (χ3v) is 6.41. The Morgan fingerprint density at radius 1 is 1.14 bits per heavy atom. The molecular formula is C26H24N6O3. The number of aryl methyl sites for hydroxylation is 1. The van der Waals surface area contributed by atoms with E-state index >= 15 is 0 Å². The SMILES string of the molecule is Cc1cc(-c2ccc(OC3CCC(CC(=O)O)CC3)nc2)ncc1-c1nc2ncc(C#N)cc2[nH]1. The number of pyridine rings is 3. The van der Waals surface area contributed by atoms with Gasteiger partial charge in [-0.15, -0.1) is 0 Å². The monoisotopic (exact) mass is 468 g/mol. The van der Waals surface area contributed by atoms with Crippen LogP contribution >= 0.6 is 0 Å². The Morgan fingerprint density at radius 3 is 2.66 bits per heavy atom. The van der Waals surface area contributed by atoms with Crippen LogP contribution < -0.4 is 4.74 Å². The zero-order valence-electron chi connectivity index (χ0n) is 19.2. The van der Waals surface area contributed by atoms with Crippen molar-refractivity contribution in [2.45, 2.75) is 45.1 Å². The minimum atomic E-state index is -0.729. The maximum atomic E-state index is 10.9. The average Bonchev–Trinajstić information content (AvgIpc) is 3.28. The average molecular weight is 469 g/mol. The Kier molecular flexibility index (Phi) is 6.10. The van der Waals surface area contributed by atoms with Crippen molar-refractivity contribution >= 4 is 17.1 Å². The molecule has 4 aromatic rings. The minimum Gasteiger partial charge on any atom is -0.481 e. The van der Waals surface area contributed by atoms with Gasteiger partial charge < -0.3 is 14.8 Å². The summed E-state index contributed by atoms with van der Waals surface area (Å²) in [6.45, 7) is 1.99. The van der Waals surface area contributed by atoms with Crippen LogP contribution in [0, 0.1) is 24.2 Å². The summed E-state index contributed by atoms with van der Waals surface area (Å²) in [6, 6.07) is 9.58. The van der Waals surface area contributed by atoms with Crippen LogP contribution in [-0.2, 0) is 4.79 Å². The highest BCUT2D eigenvalue weighted by atomic mass is 16.5. The first kappa shape index (κ1) is 22.5. The van der Waals surface area contributed by atoms with Gasteiger partial charge in [0.15, 0.2) is 5.65 Å². The topological polar surface area (TPSA) is 138 Å². The number of aromatic nitrogens is 5. The Balaban J connectivity index is 1.27. The van der Waals surface area contributed by atoms with Crippen molar-refractivity contribution in [1.82, 2.24) is 24.9 Å². The molecule has 5 rings (SSSR count). The van der Waals surface area contributed by atoms with E-state index in [9.17, 15) is 4.79 Å². The van der Waals surface area contributed by atoms with Crippen molar-refractivity contribution < 1.29 is 14.6 Å². The molecule has 1 fully saturated rings. The van der Waals surface area contributed by atoms with Gasteiger partial charge in [-0.3, -0.25) is 9.78 Å². The van der Waals surface area contributed by atoms with Gasteiger partial charge in [-0.05, 0) is 62.3 Å². The molecule has 4 heterocycles. The third kappa shape index (κ3) is 4.96. The van der Waals surface area contributed by atoms with Gasteiger partial charge in [-0.25, -0.2) is 15.0 Å². The Bertz CT molecular complexity index is 1420. The predicted molar refractivity (Wildman–Crippen MR) is 128 cm³/mol. The van der Waals surface area contributed by atoms with Crippen LogP contribution in [-0.4, -0.2) is 42.1 Å². The fourth-order valence-electron chi connectivity index (χ4n) is 4.52. The summed E-state index contributed by atoms with van der Waals surface area (Å²) in [5, 5.41) is 18.0. The van der Waals surface area contributed by atoms with Gasteiger partial charge in [0.25, 0.3) is 0 Å². The second-order valence-electron chi connectivity index (χ2n) is 8.92. The highest BCUT2D eigenvalue weighted by Crippen LogP contribution is 2.30. The molecule has 0 bridgehead atoms. The van der Waals surface area contributed by atoms with Gasteiger partial charge in [-0.2, -0.15) is 5.26 Å². The quantitative estimate of drug-likeness (QED) is 0.416. The summed E-state index contributed by atoms with van der Waals surface area (Å²) in [7, 11) is 0. The first-order chi connectivity index (χ1) is 17.0. The van der Waals surface area contributed by atoms with Crippen LogP contribution in [0.3, 0.4) is 0 Å². The molecule has 9 heteroatoms. The highest BCUT2D eigenvalue weighted by Gasteiger charge is 2.24. The molecule has 0 atom stereocenters. The van der Waals surface area contributed by atoms with E-state index < -0.39 is 5.97 Å². The Labute approximate surface area is 201 Å². The molecule has 1 saturated carbocycles. The number of carbonyl (C=O) groups is 1. The highest BCUT2D eigenvalue weighted by molar-refractivity contribution is 5.78. The van der Waals surface area contributed by atoms with Gasteiger partial charge in [0.1, 0.15) is 18.0 Å². The fraction of sp³-hybridized carbons (Fsp3) is 0.308. The predicted octanol–water partition coefficient (Wildman–Crippen LogP) is 4.67. The van der Waals surface area contributed by atoms with Crippen molar-refractivity contribution in [2.24, 2.45) is 5.92 Å². The van der Waals surface area contributed by atoms with Gasteiger partial charge in [0, 0.05) is 42.2 Å². The van der Waals surface area contributed by atoms with E-state index in [1.54, 1.807) is 18.5 Å². The molecule has 176 valence electrons. The van der Waals surface area contributed by atoms with Gasteiger partial charge in [-0.1, -0.05) is 0 Å². The molecule has 0 saturated heterocycles. The van der Waals surface area contributed by atoms with Crippen LogP contribution in [0.15, 0.2) is 42.9 Å². The van der Waals surface area contributed by atoms with Crippen LogP contribution in [0.1, 0.15) is 43.2 Å². The lowest BCUT2D eigenvalue weighted by molar-refractivity contribution is -0.138. The normalized spacial score (nSPS) is 17.7. The number of carboxylic acids is 1. The lowest BCUT2D eigenvalue weighted by atomic mass is 9.85. The second-order valence-corrected chi connectivity index (χ2v) is 8.92. The summed E-state index contributed by atoms with van der Waals surface area (Å²) in [5.74, 6) is 0.729. The van der Waals surface area contributed by atoms with E-state index in [4.69, 9.17) is 15.1 Å².